The van der Waals surface area contributed by atoms with Crippen molar-refractivity contribution in [3.8, 4) is 11.5 Å². The van der Waals surface area contributed by atoms with Gasteiger partial charge in [-0.25, -0.2) is 0 Å². The number of anilines is 1. The number of fused-ring (bicyclic) bond motifs is 1. The Hall–Kier alpha value is -2.38. The highest BCUT2D eigenvalue weighted by molar-refractivity contribution is 5.93. The van der Waals surface area contributed by atoms with Gasteiger partial charge in [-0.1, -0.05) is 6.92 Å². The molecule has 0 saturated heterocycles. The molecule has 1 heterocycles. The van der Waals surface area contributed by atoms with Crippen LogP contribution in [0.1, 0.15) is 19.8 Å². The van der Waals surface area contributed by atoms with Crippen molar-refractivity contribution in [3.05, 3.63) is 18.2 Å². The number of amides is 1. The van der Waals surface area contributed by atoms with Crippen LogP contribution in [0.3, 0.4) is 0 Å². The second-order valence-corrected chi connectivity index (χ2v) is 4.29. The minimum atomic E-state index is -3.71. The fourth-order valence-electron chi connectivity index (χ4n) is 1.65. The normalized spacial score (nSPS) is 14.6. The first-order valence-electron chi connectivity index (χ1n) is 6.25. The highest BCUT2D eigenvalue weighted by Crippen LogP contribution is 2.42. The molecular formula is C13H13F2NO5. The molecule has 0 saturated carbocycles. The number of halogens is 2. The van der Waals surface area contributed by atoms with E-state index in [1.165, 1.54) is 18.2 Å². The van der Waals surface area contributed by atoms with Gasteiger partial charge in [-0.2, -0.15) is 0 Å². The Morgan fingerprint density at radius 3 is 2.71 bits per heavy atom. The monoisotopic (exact) mass is 301 g/mol. The van der Waals surface area contributed by atoms with Crippen molar-refractivity contribution >= 4 is 17.6 Å². The molecule has 0 aromatic heterocycles. The van der Waals surface area contributed by atoms with Crippen LogP contribution in [0.25, 0.3) is 0 Å². The van der Waals surface area contributed by atoms with E-state index in [9.17, 15) is 18.4 Å². The first kappa shape index (κ1) is 15.0. The zero-order valence-corrected chi connectivity index (χ0v) is 11.2. The van der Waals surface area contributed by atoms with E-state index in [4.69, 9.17) is 4.74 Å². The van der Waals surface area contributed by atoms with Gasteiger partial charge in [0.15, 0.2) is 18.1 Å². The Bertz CT molecular complexity index is 561. The number of benzene rings is 1. The van der Waals surface area contributed by atoms with E-state index < -0.39 is 24.8 Å². The third-order valence-electron chi connectivity index (χ3n) is 2.50. The Morgan fingerprint density at radius 1 is 1.29 bits per heavy atom. The van der Waals surface area contributed by atoms with E-state index in [-0.39, 0.29) is 23.6 Å². The number of carbonyl (C=O) groups excluding carboxylic acids is 2. The molecule has 0 aliphatic carbocycles. The molecule has 8 heteroatoms. The number of nitrogens with one attached hydrogen (secondary N) is 1. The maximum absolute atomic E-state index is 12.8. The lowest BCUT2D eigenvalue weighted by Crippen LogP contribution is -2.25. The predicted molar refractivity (Wildman–Crippen MR) is 67.1 cm³/mol. The summed E-state index contributed by atoms with van der Waals surface area (Å²) in [5.41, 5.74) is 0.228. The van der Waals surface area contributed by atoms with Crippen molar-refractivity contribution in [2.75, 3.05) is 11.9 Å². The van der Waals surface area contributed by atoms with Gasteiger partial charge in [-0.3, -0.25) is 9.59 Å². The minimum Gasteiger partial charge on any atom is -0.456 e. The predicted octanol–water partition coefficient (Wildman–Crippen LogP) is 2.29. The second-order valence-electron chi connectivity index (χ2n) is 4.29. The summed E-state index contributed by atoms with van der Waals surface area (Å²) in [7, 11) is 0. The zero-order valence-electron chi connectivity index (χ0n) is 11.2. The van der Waals surface area contributed by atoms with Crippen molar-refractivity contribution < 1.29 is 32.6 Å². The molecule has 0 spiro atoms. The van der Waals surface area contributed by atoms with Gasteiger partial charge in [-0.15, -0.1) is 8.78 Å². The van der Waals surface area contributed by atoms with Crippen LogP contribution in [-0.4, -0.2) is 24.8 Å². The van der Waals surface area contributed by atoms with Crippen LogP contribution >= 0.6 is 0 Å². The summed E-state index contributed by atoms with van der Waals surface area (Å²) in [6.07, 6.45) is -2.86. The fraction of sp³-hybridized carbons (Fsp3) is 0.385. The molecule has 1 aliphatic heterocycles. The first-order chi connectivity index (χ1) is 9.89. The number of hydrogen-bond donors (Lipinski definition) is 1. The molecule has 1 N–H and O–H groups in total. The fourth-order valence-corrected chi connectivity index (χ4v) is 1.65. The molecule has 6 nitrogen and oxygen atoms in total. The van der Waals surface area contributed by atoms with Gasteiger partial charge in [0.25, 0.3) is 5.91 Å². The highest BCUT2D eigenvalue weighted by Gasteiger charge is 2.43. The quantitative estimate of drug-likeness (QED) is 0.845. The molecule has 21 heavy (non-hydrogen) atoms. The maximum Gasteiger partial charge on any atom is 0.586 e. The van der Waals surface area contributed by atoms with Crippen molar-refractivity contribution in [2.45, 2.75) is 26.1 Å². The summed E-state index contributed by atoms with van der Waals surface area (Å²) in [6, 6.07) is 3.81. The van der Waals surface area contributed by atoms with Gasteiger partial charge in [0.2, 0.25) is 0 Å². The summed E-state index contributed by atoms with van der Waals surface area (Å²) in [5, 5.41) is 2.40. The van der Waals surface area contributed by atoms with Gasteiger partial charge in [0, 0.05) is 18.2 Å². The molecule has 2 rings (SSSR count). The molecule has 0 radical (unpaired) electrons. The Balaban J connectivity index is 1.90. The molecule has 1 aliphatic rings. The number of hydrogen-bond acceptors (Lipinski definition) is 5. The lowest BCUT2D eigenvalue weighted by molar-refractivity contribution is -0.286. The van der Waals surface area contributed by atoms with Crippen LogP contribution in [-0.2, 0) is 14.3 Å². The molecule has 0 bridgehead atoms. The lowest BCUT2D eigenvalue weighted by atomic mass is 10.3. The van der Waals surface area contributed by atoms with Crippen molar-refractivity contribution in [2.24, 2.45) is 0 Å². The summed E-state index contributed by atoms with van der Waals surface area (Å²) >= 11 is 0. The van der Waals surface area contributed by atoms with Crippen molar-refractivity contribution in [3.63, 3.8) is 0 Å². The molecule has 0 unspecified atom stereocenters. The third-order valence-corrected chi connectivity index (χ3v) is 2.50. The van der Waals surface area contributed by atoms with E-state index in [2.05, 4.69) is 14.8 Å². The molecule has 1 aromatic carbocycles. The minimum absolute atomic E-state index is 0.118. The molecule has 114 valence electrons. The molecule has 0 fully saturated rings. The van der Waals surface area contributed by atoms with Crippen LogP contribution in [0.5, 0.6) is 11.5 Å². The number of rotatable bonds is 5. The van der Waals surface area contributed by atoms with Gasteiger partial charge < -0.3 is 19.5 Å². The van der Waals surface area contributed by atoms with Gasteiger partial charge in [-0.05, 0) is 18.6 Å². The van der Waals surface area contributed by atoms with Crippen molar-refractivity contribution in [1.82, 2.24) is 0 Å². The van der Waals surface area contributed by atoms with E-state index >= 15 is 0 Å². The Morgan fingerprint density at radius 2 is 2.00 bits per heavy atom. The maximum atomic E-state index is 12.8. The average molecular weight is 301 g/mol. The summed E-state index contributed by atoms with van der Waals surface area (Å²) in [4.78, 5) is 22.6. The third kappa shape index (κ3) is 4.04. The molecule has 1 aromatic rings. The molecule has 0 atom stereocenters. The smallest absolute Gasteiger partial charge is 0.456 e. The molecular weight excluding hydrogens is 288 g/mol. The van der Waals surface area contributed by atoms with E-state index in [1.807, 2.05) is 6.92 Å². The Labute approximate surface area is 119 Å². The van der Waals surface area contributed by atoms with Crippen LogP contribution < -0.4 is 14.8 Å². The van der Waals surface area contributed by atoms with Crippen LogP contribution in [0.2, 0.25) is 0 Å². The van der Waals surface area contributed by atoms with Gasteiger partial charge >= 0.3 is 12.3 Å². The summed E-state index contributed by atoms with van der Waals surface area (Å²) in [5.74, 6) is -1.35. The van der Waals surface area contributed by atoms with E-state index in [0.29, 0.717) is 6.42 Å². The van der Waals surface area contributed by atoms with E-state index in [0.717, 1.165) is 0 Å². The number of esters is 1. The average Bonchev–Trinajstić information content (AvgIpc) is 2.70. The van der Waals surface area contributed by atoms with E-state index in [1.54, 1.807) is 0 Å². The van der Waals surface area contributed by atoms with Crippen LogP contribution in [0.4, 0.5) is 14.5 Å². The molecule has 1 amide bonds. The largest absolute Gasteiger partial charge is 0.586 e. The lowest BCUT2D eigenvalue weighted by Gasteiger charge is -2.06. The number of alkyl halides is 2. The number of carbonyl (C=O) groups is 2. The van der Waals surface area contributed by atoms with Gasteiger partial charge in [0.05, 0.1) is 0 Å². The zero-order chi connectivity index (χ0) is 15.5. The highest BCUT2D eigenvalue weighted by atomic mass is 19.3. The summed E-state index contributed by atoms with van der Waals surface area (Å²) < 4.78 is 38.8. The van der Waals surface area contributed by atoms with Crippen LogP contribution in [0, 0.1) is 0 Å². The summed E-state index contributed by atoms with van der Waals surface area (Å²) in [6.45, 7) is 1.37. The number of ether oxygens (including phenoxy) is 3. The van der Waals surface area contributed by atoms with Crippen molar-refractivity contribution in [1.29, 1.82) is 0 Å². The topological polar surface area (TPSA) is 73.9 Å². The first-order valence-corrected chi connectivity index (χ1v) is 6.25. The second kappa shape index (κ2) is 5.94. The Kier molecular flexibility index (Phi) is 4.25. The van der Waals surface area contributed by atoms with Crippen LogP contribution in [0.15, 0.2) is 18.2 Å². The standard InChI is InChI=1S/C13H13F2NO5/c1-2-3-12(18)19-7-11(17)16-8-4-5-9-10(6-8)21-13(14,15)20-9/h4-6H,2-3,7H2,1H3,(H,16,17). The SMILES string of the molecule is CCCC(=O)OCC(=O)Nc1ccc2c(c1)OC(F)(F)O2. The van der Waals surface area contributed by atoms with Gasteiger partial charge in [0.1, 0.15) is 0 Å².